The van der Waals surface area contributed by atoms with Crippen molar-refractivity contribution in [3.8, 4) is 0 Å². The van der Waals surface area contributed by atoms with Gasteiger partial charge in [-0.1, -0.05) is 96.8 Å². The van der Waals surface area contributed by atoms with Crippen molar-refractivity contribution < 1.29 is 35.1 Å². The highest BCUT2D eigenvalue weighted by Crippen LogP contribution is 2.18. The second-order valence-electron chi connectivity index (χ2n) is 8.51. The SMILES string of the molecule is CC(O)C(=O)O.CCCCCCCCCCCCCCCCC(CC(O)CO)C(=O)O. The predicted molar refractivity (Wildman–Crippen MR) is 123 cm³/mol. The number of aliphatic hydroxyl groups is 3. The van der Waals surface area contributed by atoms with Crippen LogP contribution in [0.5, 0.6) is 0 Å². The maximum Gasteiger partial charge on any atom is 0.332 e. The fourth-order valence-corrected chi connectivity index (χ4v) is 3.33. The average molecular weight is 449 g/mol. The van der Waals surface area contributed by atoms with Crippen LogP contribution in [0.3, 0.4) is 0 Å². The van der Waals surface area contributed by atoms with Crippen molar-refractivity contribution in [2.45, 2.75) is 129 Å². The van der Waals surface area contributed by atoms with E-state index < -0.39 is 30.1 Å². The fourth-order valence-electron chi connectivity index (χ4n) is 3.33. The Morgan fingerprint density at radius 3 is 1.32 bits per heavy atom. The number of aliphatic carboxylic acids is 2. The van der Waals surface area contributed by atoms with Crippen LogP contribution < -0.4 is 0 Å². The monoisotopic (exact) mass is 448 g/mol. The van der Waals surface area contributed by atoms with Gasteiger partial charge < -0.3 is 25.5 Å². The zero-order chi connectivity index (χ0) is 23.9. The molecular formula is C24H48O7. The summed E-state index contributed by atoms with van der Waals surface area (Å²) in [6.07, 6.45) is 16.6. The van der Waals surface area contributed by atoms with Crippen LogP contribution in [0.25, 0.3) is 0 Å². The average Bonchev–Trinajstić information content (AvgIpc) is 2.73. The van der Waals surface area contributed by atoms with Gasteiger partial charge in [-0.3, -0.25) is 4.79 Å². The van der Waals surface area contributed by atoms with Gasteiger partial charge in [-0.05, 0) is 19.8 Å². The molecule has 0 saturated carbocycles. The second kappa shape index (κ2) is 23.5. The molecule has 0 saturated heterocycles. The fraction of sp³-hybridized carbons (Fsp3) is 0.917. The van der Waals surface area contributed by atoms with Crippen molar-refractivity contribution in [1.82, 2.24) is 0 Å². The molecule has 3 atom stereocenters. The first-order chi connectivity index (χ1) is 14.8. The summed E-state index contributed by atoms with van der Waals surface area (Å²) in [4.78, 5) is 20.6. The van der Waals surface area contributed by atoms with E-state index >= 15 is 0 Å². The molecule has 0 aliphatic carbocycles. The van der Waals surface area contributed by atoms with Crippen molar-refractivity contribution in [3.05, 3.63) is 0 Å². The Hall–Kier alpha value is -1.18. The minimum Gasteiger partial charge on any atom is -0.481 e. The number of hydrogen-bond acceptors (Lipinski definition) is 5. The van der Waals surface area contributed by atoms with Crippen LogP contribution in [0.2, 0.25) is 0 Å². The summed E-state index contributed by atoms with van der Waals surface area (Å²) >= 11 is 0. The predicted octanol–water partition coefficient (Wildman–Crippen LogP) is 4.75. The van der Waals surface area contributed by atoms with Crippen LogP contribution in [-0.2, 0) is 9.59 Å². The van der Waals surface area contributed by atoms with Gasteiger partial charge >= 0.3 is 11.9 Å². The molecule has 0 fully saturated rings. The Morgan fingerprint density at radius 1 is 0.677 bits per heavy atom. The third-order valence-electron chi connectivity index (χ3n) is 5.38. The Labute approximate surface area is 188 Å². The minimum absolute atomic E-state index is 0.157. The molecule has 0 bridgehead atoms. The molecule has 0 aliphatic heterocycles. The number of rotatable bonds is 20. The highest BCUT2D eigenvalue weighted by molar-refractivity contribution is 5.71. The van der Waals surface area contributed by atoms with E-state index in [1.807, 2.05) is 0 Å². The van der Waals surface area contributed by atoms with Crippen molar-refractivity contribution in [3.63, 3.8) is 0 Å². The molecule has 7 nitrogen and oxygen atoms in total. The highest BCUT2D eigenvalue weighted by atomic mass is 16.4. The lowest BCUT2D eigenvalue weighted by molar-refractivity contribution is -0.145. The first kappa shape index (κ1) is 32.0. The molecule has 3 unspecified atom stereocenters. The summed E-state index contributed by atoms with van der Waals surface area (Å²) in [5.41, 5.74) is 0. The van der Waals surface area contributed by atoms with Crippen molar-refractivity contribution in [2.24, 2.45) is 5.92 Å². The summed E-state index contributed by atoms with van der Waals surface area (Å²) in [5.74, 6) is -2.57. The van der Waals surface area contributed by atoms with Crippen molar-refractivity contribution >= 4 is 11.9 Å². The first-order valence-corrected chi connectivity index (χ1v) is 12.2. The molecule has 0 aromatic heterocycles. The number of aliphatic hydroxyl groups excluding tert-OH is 3. The molecule has 186 valence electrons. The number of hydrogen-bond donors (Lipinski definition) is 5. The Bertz CT molecular complexity index is 413. The van der Waals surface area contributed by atoms with Gasteiger partial charge in [0, 0.05) is 0 Å². The van der Waals surface area contributed by atoms with Crippen LogP contribution in [-0.4, -0.2) is 56.3 Å². The number of carbonyl (C=O) groups is 2. The van der Waals surface area contributed by atoms with Crippen molar-refractivity contribution in [2.75, 3.05) is 6.61 Å². The first-order valence-electron chi connectivity index (χ1n) is 12.2. The maximum absolute atomic E-state index is 11.1. The topological polar surface area (TPSA) is 135 Å². The smallest absolute Gasteiger partial charge is 0.332 e. The van der Waals surface area contributed by atoms with E-state index in [4.69, 9.17) is 20.4 Å². The molecule has 5 N–H and O–H groups in total. The summed E-state index contributed by atoms with van der Waals surface area (Å²) in [6.45, 7) is 3.09. The number of carboxylic acids is 2. The Kier molecular flexibility index (Phi) is 24.2. The molecule has 0 aliphatic rings. The lowest BCUT2D eigenvalue weighted by Crippen LogP contribution is -2.23. The van der Waals surface area contributed by atoms with Gasteiger partial charge in [-0.25, -0.2) is 4.79 Å². The van der Waals surface area contributed by atoms with Gasteiger partial charge in [0.1, 0.15) is 6.10 Å². The van der Waals surface area contributed by atoms with Gasteiger partial charge in [0.05, 0.1) is 18.6 Å². The van der Waals surface area contributed by atoms with Gasteiger partial charge in [-0.15, -0.1) is 0 Å². The molecule has 0 amide bonds. The highest BCUT2D eigenvalue weighted by Gasteiger charge is 2.20. The quantitative estimate of drug-likeness (QED) is 0.170. The van der Waals surface area contributed by atoms with E-state index in [0.717, 1.165) is 12.8 Å². The molecule has 0 spiro atoms. The largest absolute Gasteiger partial charge is 0.481 e. The van der Waals surface area contributed by atoms with E-state index in [0.29, 0.717) is 6.42 Å². The third-order valence-corrected chi connectivity index (χ3v) is 5.38. The summed E-state index contributed by atoms with van der Waals surface area (Å²) < 4.78 is 0. The molecule has 0 aromatic rings. The van der Waals surface area contributed by atoms with E-state index in [1.165, 1.54) is 84.0 Å². The van der Waals surface area contributed by atoms with Crippen LogP contribution in [0.15, 0.2) is 0 Å². The third kappa shape index (κ3) is 25.0. The maximum atomic E-state index is 11.1. The van der Waals surface area contributed by atoms with Crippen LogP contribution in [0.1, 0.15) is 117 Å². The second-order valence-corrected chi connectivity index (χ2v) is 8.51. The summed E-state index contributed by atoms with van der Waals surface area (Å²) in [5, 5.41) is 43.1. The Morgan fingerprint density at radius 2 is 1.03 bits per heavy atom. The van der Waals surface area contributed by atoms with E-state index in [-0.39, 0.29) is 13.0 Å². The van der Waals surface area contributed by atoms with Gasteiger partial charge in [0.25, 0.3) is 0 Å². The van der Waals surface area contributed by atoms with E-state index in [1.54, 1.807) is 0 Å². The Balaban J connectivity index is 0. The summed E-state index contributed by atoms with van der Waals surface area (Å²) in [7, 11) is 0. The lowest BCUT2D eigenvalue weighted by atomic mass is 9.94. The van der Waals surface area contributed by atoms with E-state index in [2.05, 4.69) is 6.92 Å². The zero-order valence-corrected chi connectivity index (χ0v) is 19.8. The molecule has 0 heterocycles. The number of carboxylic acid groups (broad SMARTS) is 2. The normalized spacial score (nSPS) is 13.7. The molecule has 31 heavy (non-hydrogen) atoms. The zero-order valence-electron chi connectivity index (χ0n) is 19.8. The van der Waals surface area contributed by atoms with Gasteiger partial charge in [0.2, 0.25) is 0 Å². The van der Waals surface area contributed by atoms with Crippen molar-refractivity contribution in [1.29, 1.82) is 0 Å². The molecule has 7 heteroatoms. The number of unbranched alkanes of at least 4 members (excludes halogenated alkanes) is 13. The molecular weight excluding hydrogens is 400 g/mol. The standard InChI is InChI=1S/C21H42O4.C3H6O3/c1-2-3-4-5-6-7-8-9-10-11-12-13-14-15-16-19(21(24)25)17-20(23)18-22;1-2(4)3(5)6/h19-20,22-23H,2-18H2,1H3,(H,24,25);2,4H,1H3,(H,5,6). The summed E-state index contributed by atoms with van der Waals surface area (Å²) in [6, 6.07) is 0. The van der Waals surface area contributed by atoms with Crippen LogP contribution in [0.4, 0.5) is 0 Å². The van der Waals surface area contributed by atoms with Gasteiger partial charge in [0.15, 0.2) is 0 Å². The van der Waals surface area contributed by atoms with Gasteiger partial charge in [-0.2, -0.15) is 0 Å². The van der Waals surface area contributed by atoms with Crippen LogP contribution >= 0.6 is 0 Å². The van der Waals surface area contributed by atoms with E-state index in [9.17, 15) is 14.7 Å². The van der Waals surface area contributed by atoms with Crippen LogP contribution in [0, 0.1) is 5.92 Å². The minimum atomic E-state index is -1.23. The molecule has 0 aromatic carbocycles. The molecule has 0 radical (unpaired) electrons. The lowest BCUT2D eigenvalue weighted by Gasteiger charge is -2.15. The molecule has 0 rings (SSSR count).